The maximum atomic E-state index is 11.8. The molecule has 2 aromatic heterocycles. The molecule has 0 atom stereocenters. The third-order valence-electron chi connectivity index (χ3n) is 3.81. The number of rotatable bonds is 6. The van der Waals surface area contributed by atoms with Crippen LogP contribution in [0.5, 0.6) is 5.75 Å². The van der Waals surface area contributed by atoms with Crippen molar-refractivity contribution in [3.63, 3.8) is 0 Å². The number of benzene rings is 1. The summed E-state index contributed by atoms with van der Waals surface area (Å²) in [5, 5.41) is 7.51. The molecule has 0 spiro atoms. The topological polar surface area (TPSA) is 97.6 Å². The Morgan fingerprint density at radius 2 is 2.07 bits per heavy atom. The third kappa shape index (κ3) is 4.95. The van der Waals surface area contributed by atoms with E-state index >= 15 is 0 Å². The van der Waals surface area contributed by atoms with Gasteiger partial charge in [0, 0.05) is 22.4 Å². The minimum Gasteiger partial charge on any atom is -0.484 e. The monoisotopic (exact) mass is 386 g/mol. The molecule has 0 saturated heterocycles. The zero-order valence-electron chi connectivity index (χ0n) is 14.6. The van der Waals surface area contributed by atoms with Gasteiger partial charge >= 0.3 is 11.7 Å². The van der Waals surface area contributed by atoms with Crippen LogP contribution in [0.1, 0.15) is 17.4 Å². The first-order valence-corrected chi connectivity index (χ1v) is 9.22. The molecule has 0 radical (unpaired) electrons. The smallest absolute Gasteiger partial charge is 0.336 e. The van der Waals surface area contributed by atoms with Crippen LogP contribution in [-0.2, 0) is 17.8 Å². The van der Waals surface area contributed by atoms with Gasteiger partial charge in [0.2, 0.25) is 0 Å². The van der Waals surface area contributed by atoms with E-state index in [-0.39, 0.29) is 6.61 Å². The van der Waals surface area contributed by atoms with Crippen molar-refractivity contribution >= 4 is 34.2 Å². The summed E-state index contributed by atoms with van der Waals surface area (Å²) in [4.78, 5) is 36.1. The molecule has 0 aliphatic carbocycles. The number of hydrogen-bond acceptors (Lipinski definition) is 6. The summed E-state index contributed by atoms with van der Waals surface area (Å²) in [6, 6.07) is 9.66. The fourth-order valence-corrected chi connectivity index (χ4v) is 3.17. The van der Waals surface area contributed by atoms with Gasteiger partial charge in [0.05, 0.1) is 6.54 Å². The zero-order valence-corrected chi connectivity index (χ0v) is 15.4. The van der Waals surface area contributed by atoms with Gasteiger partial charge in [0.15, 0.2) is 6.61 Å². The van der Waals surface area contributed by atoms with Crippen molar-refractivity contribution in [1.29, 1.82) is 0 Å². The molecule has 0 aliphatic heterocycles. The number of amides is 3. The normalized spacial score (nSPS) is 10.6. The maximum absolute atomic E-state index is 11.8. The highest BCUT2D eigenvalue weighted by Crippen LogP contribution is 2.22. The summed E-state index contributed by atoms with van der Waals surface area (Å²) in [7, 11) is 0. The van der Waals surface area contributed by atoms with Crippen LogP contribution in [0.15, 0.2) is 51.0 Å². The van der Waals surface area contributed by atoms with Gasteiger partial charge in [-0.05, 0) is 35.6 Å². The summed E-state index contributed by atoms with van der Waals surface area (Å²) >= 11 is 1.51. The Bertz CT molecular complexity index is 1010. The van der Waals surface area contributed by atoms with Gasteiger partial charge in [-0.2, -0.15) is 0 Å². The number of ether oxygens (including phenoxy) is 1. The van der Waals surface area contributed by atoms with Crippen LogP contribution in [-0.4, -0.2) is 18.5 Å². The molecule has 3 amide bonds. The molecule has 2 N–H and O–H groups in total. The molecule has 0 bridgehead atoms. The second-order valence-electron chi connectivity index (χ2n) is 5.70. The molecule has 8 heteroatoms. The summed E-state index contributed by atoms with van der Waals surface area (Å²) in [5.41, 5.74) is 0.843. The molecule has 140 valence electrons. The SMILES string of the molecule is CCc1cc(=O)oc2cc(OCC(=O)NC(=O)NCc3cccs3)ccc12. The standard InChI is InChI=1S/C19H18N2O5S/c1-2-12-8-18(23)26-16-9-13(5-6-15(12)16)25-11-17(22)21-19(24)20-10-14-4-3-7-27-14/h3-9H,2,10-11H2,1H3,(H2,20,21,22,24). The fourth-order valence-electron chi connectivity index (χ4n) is 2.53. The summed E-state index contributed by atoms with van der Waals surface area (Å²) in [6.45, 7) is 1.96. The Kier molecular flexibility index (Phi) is 5.87. The van der Waals surface area contributed by atoms with Crippen LogP contribution in [0.2, 0.25) is 0 Å². The second-order valence-corrected chi connectivity index (χ2v) is 6.73. The number of imide groups is 1. The molecule has 27 heavy (non-hydrogen) atoms. The van der Waals surface area contributed by atoms with Crippen LogP contribution >= 0.6 is 11.3 Å². The van der Waals surface area contributed by atoms with Crippen LogP contribution < -0.4 is 21.0 Å². The molecule has 1 aromatic carbocycles. The van der Waals surface area contributed by atoms with Crippen LogP contribution in [0.3, 0.4) is 0 Å². The largest absolute Gasteiger partial charge is 0.484 e. The van der Waals surface area contributed by atoms with Gasteiger partial charge in [-0.1, -0.05) is 13.0 Å². The van der Waals surface area contributed by atoms with Crippen molar-refractivity contribution < 1.29 is 18.7 Å². The molecule has 7 nitrogen and oxygen atoms in total. The average Bonchev–Trinajstić information content (AvgIpc) is 3.17. The summed E-state index contributed by atoms with van der Waals surface area (Å²) < 4.78 is 10.6. The highest BCUT2D eigenvalue weighted by atomic mass is 32.1. The van der Waals surface area contributed by atoms with E-state index in [0.29, 0.717) is 24.3 Å². The van der Waals surface area contributed by atoms with E-state index in [0.717, 1.165) is 15.8 Å². The first kappa shape index (κ1) is 18.7. The minimum absolute atomic E-state index is 0.338. The number of nitrogens with one attached hydrogen (secondary N) is 2. The Labute approximate surface area is 159 Å². The van der Waals surface area contributed by atoms with Crippen molar-refractivity contribution in [2.45, 2.75) is 19.9 Å². The predicted molar refractivity (Wildman–Crippen MR) is 102 cm³/mol. The zero-order chi connectivity index (χ0) is 19.2. The molecule has 0 aliphatic rings. The highest BCUT2D eigenvalue weighted by molar-refractivity contribution is 7.09. The van der Waals surface area contributed by atoms with Gasteiger partial charge in [0.25, 0.3) is 5.91 Å². The lowest BCUT2D eigenvalue weighted by Crippen LogP contribution is -2.41. The van der Waals surface area contributed by atoms with E-state index < -0.39 is 17.6 Å². The Hall–Kier alpha value is -3.13. The molecule has 0 saturated carbocycles. The molecule has 0 fully saturated rings. The number of hydrogen-bond donors (Lipinski definition) is 2. The van der Waals surface area contributed by atoms with E-state index in [2.05, 4.69) is 10.6 Å². The quantitative estimate of drug-likeness (QED) is 0.635. The molecular weight excluding hydrogens is 368 g/mol. The Morgan fingerprint density at radius 3 is 2.81 bits per heavy atom. The number of carbonyl (C=O) groups is 2. The second kappa shape index (κ2) is 8.50. The Morgan fingerprint density at radius 1 is 1.22 bits per heavy atom. The number of carbonyl (C=O) groups excluding carboxylic acids is 2. The lowest BCUT2D eigenvalue weighted by molar-refractivity contribution is -0.122. The van der Waals surface area contributed by atoms with E-state index in [1.807, 2.05) is 24.4 Å². The van der Waals surface area contributed by atoms with Crippen molar-refractivity contribution in [1.82, 2.24) is 10.6 Å². The molecule has 2 heterocycles. The third-order valence-corrected chi connectivity index (χ3v) is 4.69. The van der Waals surface area contributed by atoms with Crippen LogP contribution in [0.25, 0.3) is 11.0 Å². The first-order valence-electron chi connectivity index (χ1n) is 8.35. The van der Waals surface area contributed by atoms with E-state index in [1.165, 1.54) is 17.4 Å². The van der Waals surface area contributed by atoms with Gasteiger partial charge in [-0.3, -0.25) is 10.1 Å². The highest BCUT2D eigenvalue weighted by Gasteiger charge is 2.10. The lowest BCUT2D eigenvalue weighted by atomic mass is 10.1. The van der Waals surface area contributed by atoms with Gasteiger partial charge in [0.1, 0.15) is 11.3 Å². The number of thiophene rings is 1. The lowest BCUT2D eigenvalue weighted by Gasteiger charge is -2.09. The summed E-state index contributed by atoms with van der Waals surface area (Å²) in [6.07, 6.45) is 0.700. The van der Waals surface area contributed by atoms with Crippen molar-refractivity contribution in [3.05, 3.63) is 62.6 Å². The van der Waals surface area contributed by atoms with E-state index in [1.54, 1.807) is 18.2 Å². The molecular formula is C19H18N2O5S. The molecule has 3 aromatic rings. The number of aryl methyl sites for hydroxylation is 1. The molecule has 3 rings (SSSR count). The van der Waals surface area contributed by atoms with Crippen LogP contribution in [0.4, 0.5) is 4.79 Å². The predicted octanol–water partition coefficient (Wildman–Crippen LogP) is 2.82. The Balaban J connectivity index is 1.55. The number of fused-ring (bicyclic) bond motifs is 1. The summed E-state index contributed by atoms with van der Waals surface area (Å²) in [5.74, 6) is -0.212. The van der Waals surface area contributed by atoms with Crippen LogP contribution in [0, 0.1) is 0 Å². The first-order chi connectivity index (χ1) is 13.0. The minimum atomic E-state index is -0.589. The number of urea groups is 1. The van der Waals surface area contributed by atoms with E-state index in [9.17, 15) is 14.4 Å². The average molecular weight is 386 g/mol. The van der Waals surface area contributed by atoms with E-state index in [4.69, 9.17) is 9.15 Å². The van der Waals surface area contributed by atoms with Crippen molar-refractivity contribution in [2.24, 2.45) is 0 Å². The maximum Gasteiger partial charge on any atom is 0.336 e. The van der Waals surface area contributed by atoms with Crippen molar-refractivity contribution in [3.8, 4) is 5.75 Å². The van der Waals surface area contributed by atoms with Gasteiger partial charge < -0.3 is 14.5 Å². The van der Waals surface area contributed by atoms with Crippen molar-refractivity contribution in [2.75, 3.05) is 6.61 Å². The van der Waals surface area contributed by atoms with Gasteiger partial charge in [-0.25, -0.2) is 9.59 Å². The molecule has 0 unspecified atom stereocenters. The van der Waals surface area contributed by atoms with Gasteiger partial charge in [-0.15, -0.1) is 11.3 Å². The fraction of sp³-hybridized carbons (Fsp3) is 0.211.